The maximum Gasteiger partial charge on any atom is 0.0248 e. The lowest BCUT2D eigenvalue weighted by molar-refractivity contribution is 0.0942. The lowest BCUT2D eigenvalue weighted by Gasteiger charge is -2.42. The molecule has 2 heteroatoms. The molecule has 0 aromatic carbocycles. The van der Waals surface area contributed by atoms with Crippen molar-refractivity contribution in [2.75, 3.05) is 20.6 Å². The number of nitrogens with zero attached hydrogens (tertiary/aromatic N) is 1. The average Bonchev–Trinajstić information content (AvgIpc) is 3.10. The Morgan fingerprint density at radius 1 is 1.05 bits per heavy atom. The monoisotopic (exact) mass is 292 g/mol. The maximum atomic E-state index is 3.61. The van der Waals surface area contributed by atoms with Crippen LogP contribution in [0.15, 0.2) is 0 Å². The summed E-state index contributed by atoms with van der Waals surface area (Å²) < 4.78 is 0. The van der Waals surface area contributed by atoms with Crippen molar-refractivity contribution in [3.05, 3.63) is 0 Å². The second kappa shape index (κ2) is 7.00. The summed E-state index contributed by atoms with van der Waals surface area (Å²) in [6, 6.07) is 1.50. The first-order valence-corrected chi connectivity index (χ1v) is 9.58. The van der Waals surface area contributed by atoms with Gasteiger partial charge in [0.05, 0.1) is 0 Å². The van der Waals surface area contributed by atoms with Gasteiger partial charge in [-0.1, -0.05) is 26.2 Å². The molecule has 3 saturated carbocycles. The van der Waals surface area contributed by atoms with Gasteiger partial charge in [-0.25, -0.2) is 0 Å². The van der Waals surface area contributed by atoms with Gasteiger partial charge in [-0.2, -0.15) is 0 Å². The molecule has 21 heavy (non-hydrogen) atoms. The third kappa shape index (κ3) is 3.47. The number of hydrogen-bond acceptors (Lipinski definition) is 2. The number of likely N-dealkylation sites (N-methyl/N-ethyl adjacent to an activating group) is 2. The lowest BCUT2D eigenvalue weighted by atomic mass is 9.79. The molecule has 0 aliphatic heterocycles. The van der Waals surface area contributed by atoms with Crippen LogP contribution in [0.2, 0.25) is 0 Å². The van der Waals surface area contributed by atoms with Crippen LogP contribution in [0.1, 0.15) is 64.7 Å². The topological polar surface area (TPSA) is 15.3 Å². The van der Waals surface area contributed by atoms with E-state index in [1.807, 2.05) is 0 Å². The van der Waals surface area contributed by atoms with Crippen molar-refractivity contribution in [2.45, 2.75) is 76.8 Å². The first kappa shape index (κ1) is 15.8. The predicted molar refractivity (Wildman–Crippen MR) is 90.5 cm³/mol. The molecule has 122 valence electrons. The fourth-order valence-electron chi connectivity index (χ4n) is 5.83. The molecule has 0 aromatic heterocycles. The van der Waals surface area contributed by atoms with Gasteiger partial charge in [0.15, 0.2) is 0 Å². The Hall–Kier alpha value is -0.0800. The highest BCUT2D eigenvalue weighted by atomic mass is 15.2. The standard InChI is InChI=1S/C19H36N2/c1-4-5-14-7-9-18(20-2)19(12-14)21(3)13-17-11-15-6-8-16(17)10-15/h14-20H,4-13H2,1-3H3. The number of fused-ring (bicyclic) bond motifs is 2. The maximum absolute atomic E-state index is 3.61. The molecule has 2 nitrogen and oxygen atoms in total. The molecule has 0 radical (unpaired) electrons. The van der Waals surface area contributed by atoms with E-state index in [0.29, 0.717) is 0 Å². The average molecular weight is 293 g/mol. The third-order valence-corrected chi connectivity index (χ3v) is 6.97. The zero-order valence-corrected chi connectivity index (χ0v) is 14.5. The highest BCUT2D eigenvalue weighted by Crippen LogP contribution is 2.48. The van der Waals surface area contributed by atoms with Crippen LogP contribution in [0.3, 0.4) is 0 Å². The molecule has 2 bridgehead atoms. The van der Waals surface area contributed by atoms with Crippen molar-refractivity contribution >= 4 is 0 Å². The Kier molecular flexibility index (Phi) is 5.27. The van der Waals surface area contributed by atoms with Gasteiger partial charge >= 0.3 is 0 Å². The van der Waals surface area contributed by atoms with Gasteiger partial charge in [-0.05, 0) is 76.3 Å². The normalized spacial score (nSPS) is 42.9. The molecule has 0 amide bonds. The van der Waals surface area contributed by atoms with Crippen molar-refractivity contribution in [3.8, 4) is 0 Å². The van der Waals surface area contributed by atoms with Gasteiger partial charge in [0.1, 0.15) is 0 Å². The molecule has 0 heterocycles. The zero-order chi connectivity index (χ0) is 14.8. The Balaban J connectivity index is 1.56. The summed E-state index contributed by atoms with van der Waals surface area (Å²) in [7, 11) is 4.58. The van der Waals surface area contributed by atoms with Crippen molar-refractivity contribution in [2.24, 2.45) is 23.7 Å². The molecule has 6 unspecified atom stereocenters. The molecule has 6 atom stereocenters. The van der Waals surface area contributed by atoms with E-state index in [9.17, 15) is 0 Å². The van der Waals surface area contributed by atoms with Gasteiger partial charge in [0.25, 0.3) is 0 Å². The summed E-state index contributed by atoms with van der Waals surface area (Å²) >= 11 is 0. The predicted octanol–water partition coefficient (Wildman–Crippen LogP) is 3.91. The van der Waals surface area contributed by atoms with Crippen LogP contribution >= 0.6 is 0 Å². The highest BCUT2D eigenvalue weighted by Gasteiger charge is 2.41. The van der Waals surface area contributed by atoms with Gasteiger partial charge in [0, 0.05) is 18.6 Å². The van der Waals surface area contributed by atoms with Crippen LogP contribution in [0.4, 0.5) is 0 Å². The van der Waals surface area contributed by atoms with Crippen molar-refractivity contribution in [1.29, 1.82) is 0 Å². The molecule has 3 rings (SSSR count). The van der Waals surface area contributed by atoms with E-state index in [4.69, 9.17) is 0 Å². The van der Waals surface area contributed by atoms with E-state index in [2.05, 4.69) is 31.2 Å². The fraction of sp³-hybridized carbons (Fsp3) is 1.00. The minimum atomic E-state index is 0.724. The molecular formula is C19H36N2. The molecule has 0 spiro atoms. The van der Waals surface area contributed by atoms with E-state index in [1.165, 1.54) is 57.9 Å². The summed E-state index contributed by atoms with van der Waals surface area (Å²) in [6.45, 7) is 3.71. The Morgan fingerprint density at radius 2 is 1.90 bits per heavy atom. The van der Waals surface area contributed by atoms with E-state index in [1.54, 1.807) is 6.42 Å². The summed E-state index contributed by atoms with van der Waals surface area (Å²) in [4.78, 5) is 2.74. The Labute approximate surface area is 132 Å². The molecule has 3 aliphatic rings. The first-order chi connectivity index (χ1) is 10.2. The van der Waals surface area contributed by atoms with E-state index < -0.39 is 0 Å². The third-order valence-electron chi connectivity index (χ3n) is 6.97. The number of nitrogens with one attached hydrogen (secondary N) is 1. The summed E-state index contributed by atoms with van der Waals surface area (Å²) in [5.41, 5.74) is 0. The molecule has 0 aromatic rings. The molecule has 1 N–H and O–H groups in total. The smallest absolute Gasteiger partial charge is 0.0248 e. The Morgan fingerprint density at radius 3 is 2.52 bits per heavy atom. The minimum absolute atomic E-state index is 0.724. The quantitative estimate of drug-likeness (QED) is 0.798. The van der Waals surface area contributed by atoms with Gasteiger partial charge < -0.3 is 10.2 Å². The largest absolute Gasteiger partial charge is 0.315 e. The van der Waals surface area contributed by atoms with Gasteiger partial charge in [-0.15, -0.1) is 0 Å². The fourth-order valence-corrected chi connectivity index (χ4v) is 5.83. The van der Waals surface area contributed by atoms with Crippen LogP contribution in [0.5, 0.6) is 0 Å². The van der Waals surface area contributed by atoms with Crippen LogP contribution in [0, 0.1) is 23.7 Å². The Bertz CT molecular complexity index is 330. The van der Waals surface area contributed by atoms with E-state index >= 15 is 0 Å². The second-order valence-electron chi connectivity index (χ2n) is 8.30. The number of hydrogen-bond donors (Lipinski definition) is 1. The summed E-state index contributed by atoms with van der Waals surface area (Å²) in [5.74, 6) is 4.15. The molecular weight excluding hydrogens is 256 g/mol. The van der Waals surface area contributed by atoms with Crippen molar-refractivity contribution in [1.82, 2.24) is 10.2 Å². The summed E-state index contributed by atoms with van der Waals surface area (Å²) in [5, 5.41) is 3.61. The van der Waals surface area contributed by atoms with Crippen LogP contribution in [-0.4, -0.2) is 37.6 Å². The van der Waals surface area contributed by atoms with Crippen LogP contribution in [0.25, 0.3) is 0 Å². The van der Waals surface area contributed by atoms with Gasteiger partial charge in [0.2, 0.25) is 0 Å². The molecule has 0 saturated heterocycles. The SMILES string of the molecule is CCCC1CCC(NC)C(N(C)CC2CC3CCC2C3)C1. The van der Waals surface area contributed by atoms with Crippen LogP contribution < -0.4 is 5.32 Å². The summed E-state index contributed by atoms with van der Waals surface area (Å²) in [6.07, 6.45) is 13.2. The minimum Gasteiger partial charge on any atom is -0.315 e. The number of rotatable bonds is 6. The highest BCUT2D eigenvalue weighted by molar-refractivity contribution is 4.94. The van der Waals surface area contributed by atoms with Crippen LogP contribution in [-0.2, 0) is 0 Å². The first-order valence-electron chi connectivity index (χ1n) is 9.58. The van der Waals surface area contributed by atoms with E-state index in [0.717, 1.165) is 35.8 Å². The molecule has 3 aliphatic carbocycles. The van der Waals surface area contributed by atoms with Crippen molar-refractivity contribution < 1.29 is 0 Å². The zero-order valence-electron chi connectivity index (χ0n) is 14.5. The molecule has 3 fully saturated rings. The van der Waals surface area contributed by atoms with Gasteiger partial charge in [-0.3, -0.25) is 0 Å². The van der Waals surface area contributed by atoms with Crippen molar-refractivity contribution in [3.63, 3.8) is 0 Å². The second-order valence-corrected chi connectivity index (χ2v) is 8.30. The lowest BCUT2D eigenvalue weighted by Crippen LogP contribution is -2.52. The van der Waals surface area contributed by atoms with E-state index in [-0.39, 0.29) is 0 Å².